The Hall–Kier alpha value is -1.84. The first-order valence-corrected chi connectivity index (χ1v) is 5.76. The van der Waals surface area contributed by atoms with Crippen molar-refractivity contribution in [3.8, 4) is 0 Å². The molecule has 90 valence electrons. The molecule has 4 nitrogen and oxygen atoms in total. The SMILES string of the molecule is Cc1nn(C)c(C)c1NC(C)c1ccncc1. The van der Waals surface area contributed by atoms with Crippen LogP contribution in [0.2, 0.25) is 0 Å². The summed E-state index contributed by atoms with van der Waals surface area (Å²) in [5, 5.41) is 7.90. The molecule has 2 rings (SSSR count). The van der Waals surface area contributed by atoms with Crippen LogP contribution >= 0.6 is 0 Å². The lowest BCUT2D eigenvalue weighted by atomic mass is 10.1. The van der Waals surface area contributed by atoms with E-state index in [1.165, 1.54) is 5.56 Å². The smallest absolute Gasteiger partial charge is 0.0828 e. The first kappa shape index (κ1) is 11.6. The zero-order valence-electron chi connectivity index (χ0n) is 10.7. The van der Waals surface area contributed by atoms with Gasteiger partial charge >= 0.3 is 0 Å². The van der Waals surface area contributed by atoms with Crippen LogP contribution in [0.4, 0.5) is 5.69 Å². The maximum Gasteiger partial charge on any atom is 0.0828 e. The van der Waals surface area contributed by atoms with E-state index in [1.807, 2.05) is 43.2 Å². The zero-order valence-corrected chi connectivity index (χ0v) is 10.7. The number of nitrogens with zero attached hydrogens (tertiary/aromatic N) is 3. The highest BCUT2D eigenvalue weighted by molar-refractivity contribution is 5.53. The molecule has 1 N–H and O–H groups in total. The van der Waals surface area contributed by atoms with Crippen LogP contribution in [0, 0.1) is 13.8 Å². The Morgan fingerprint density at radius 1 is 1.24 bits per heavy atom. The average molecular weight is 230 g/mol. The molecule has 2 heterocycles. The van der Waals surface area contributed by atoms with Crippen LogP contribution in [0.5, 0.6) is 0 Å². The molecule has 2 aromatic heterocycles. The highest BCUT2D eigenvalue weighted by atomic mass is 15.3. The van der Waals surface area contributed by atoms with Crippen molar-refractivity contribution in [1.29, 1.82) is 0 Å². The third kappa shape index (κ3) is 2.30. The lowest BCUT2D eigenvalue weighted by Gasteiger charge is -2.15. The molecule has 0 amide bonds. The summed E-state index contributed by atoms with van der Waals surface area (Å²) in [6, 6.07) is 4.30. The highest BCUT2D eigenvalue weighted by Crippen LogP contribution is 2.24. The lowest BCUT2D eigenvalue weighted by molar-refractivity contribution is 0.731. The van der Waals surface area contributed by atoms with Gasteiger partial charge < -0.3 is 5.32 Å². The van der Waals surface area contributed by atoms with Gasteiger partial charge in [0, 0.05) is 25.5 Å². The molecule has 0 saturated carbocycles. The van der Waals surface area contributed by atoms with E-state index in [-0.39, 0.29) is 6.04 Å². The normalized spacial score (nSPS) is 12.5. The van der Waals surface area contributed by atoms with Gasteiger partial charge in [-0.05, 0) is 38.5 Å². The minimum Gasteiger partial charge on any atom is -0.376 e. The van der Waals surface area contributed by atoms with Crippen LogP contribution < -0.4 is 5.32 Å². The highest BCUT2D eigenvalue weighted by Gasteiger charge is 2.12. The zero-order chi connectivity index (χ0) is 12.4. The third-order valence-corrected chi connectivity index (χ3v) is 3.08. The molecule has 0 aliphatic carbocycles. The first-order valence-electron chi connectivity index (χ1n) is 5.76. The quantitative estimate of drug-likeness (QED) is 0.881. The Balaban J connectivity index is 2.22. The molecule has 0 aliphatic heterocycles. The summed E-state index contributed by atoms with van der Waals surface area (Å²) < 4.78 is 1.90. The molecule has 0 aliphatic rings. The molecule has 1 unspecified atom stereocenters. The second-order valence-corrected chi connectivity index (χ2v) is 4.32. The van der Waals surface area contributed by atoms with Gasteiger partial charge in [0.15, 0.2) is 0 Å². The van der Waals surface area contributed by atoms with Crippen molar-refractivity contribution in [2.24, 2.45) is 7.05 Å². The van der Waals surface area contributed by atoms with Gasteiger partial charge in [0.1, 0.15) is 0 Å². The van der Waals surface area contributed by atoms with Gasteiger partial charge in [-0.1, -0.05) is 0 Å². The van der Waals surface area contributed by atoms with E-state index >= 15 is 0 Å². The maximum atomic E-state index is 4.40. The Labute approximate surface area is 102 Å². The van der Waals surface area contributed by atoms with E-state index in [4.69, 9.17) is 0 Å². The topological polar surface area (TPSA) is 42.7 Å². The summed E-state index contributed by atoms with van der Waals surface area (Å²) in [5.41, 5.74) is 4.54. The minimum atomic E-state index is 0.250. The van der Waals surface area contributed by atoms with Crippen molar-refractivity contribution < 1.29 is 0 Å². The Morgan fingerprint density at radius 3 is 2.41 bits per heavy atom. The van der Waals surface area contributed by atoms with Crippen LogP contribution in [0.1, 0.15) is 29.9 Å². The number of nitrogens with one attached hydrogen (secondary N) is 1. The molecular weight excluding hydrogens is 212 g/mol. The molecule has 17 heavy (non-hydrogen) atoms. The van der Waals surface area contributed by atoms with E-state index in [2.05, 4.69) is 29.2 Å². The second-order valence-electron chi connectivity index (χ2n) is 4.32. The molecule has 0 saturated heterocycles. The molecule has 1 atom stereocenters. The molecular formula is C13H18N4. The van der Waals surface area contributed by atoms with E-state index in [0.717, 1.165) is 17.1 Å². The van der Waals surface area contributed by atoms with Crippen molar-refractivity contribution >= 4 is 5.69 Å². The van der Waals surface area contributed by atoms with Crippen molar-refractivity contribution in [2.75, 3.05) is 5.32 Å². The average Bonchev–Trinajstić information content (AvgIpc) is 2.57. The van der Waals surface area contributed by atoms with Crippen molar-refractivity contribution in [1.82, 2.24) is 14.8 Å². The van der Waals surface area contributed by atoms with Gasteiger partial charge in [0.25, 0.3) is 0 Å². The summed E-state index contributed by atoms with van der Waals surface area (Å²) in [6.07, 6.45) is 3.63. The second kappa shape index (κ2) is 4.57. The van der Waals surface area contributed by atoms with Gasteiger partial charge in [-0.3, -0.25) is 9.67 Å². The standard InChI is InChI=1S/C13H18N4/c1-9(12-5-7-14-8-6-12)15-13-10(2)16-17(4)11(13)3/h5-9,15H,1-4H3. The fourth-order valence-corrected chi connectivity index (χ4v) is 1.93. The number of aryl methyl sites for hydroxylation is 2. The molecule has 0 spiro atoms. The van der Waals surface area contributed by atoms with Crippen LogP contribution in [-0.4, -0.2) is 14.8 Å². The largest absolute Gasteiger partial charge is 0.376 e. The van der Waals surface area contributed by atoms with Crippen LogP contribution in [0.3, 0.4) is 0 Å². The Kier molecular flexibility index (Phi) is 3.13. The van der Waals surface area contributed by atoms with E-state index in [0.29, 0.717) is 0 Å². The number of hydrogen-bond donors (Lipinski definition) is 1. The number of anilines is 1. The van der Waals surface area contributed by atoms with Gasteiger partial charge in [-0.15, -0.1) is 0 Å². The van der Waals surface area contributed by atoms with Crippen molar-refractivity contribution in [3.63, 3.8) is 0 Å². The van der Waals surface area contributed by atoms with Crippen LogP contribution in [-0.2, 0) is 7.05 Å². The molecule has 0 fully saturated rings. The molecule has 0 aromatic carbocycles. The van der Waals surface area contributed by atoms with E-state index in [1.54, 1.807) is 0 Å². The summed E-state index contributed by atoms with van der Waals surface area (Å²) in [6.45, 7) is 6.23. The maximum absolute atomic E-state index is 4.40. The lowest BCUT2D eigenvalue weighted by Crippen LogP contribution is -2.08. The summed E-state index contributed by atoms with van der Waals surface area (Å²) in [4.78, 5) is 4.03. The summed E-state index contributed by atoms with van der Waals surface area (Å²) in [7, 11) is 1.96. The van der Waals surface area contributed by atoms with E-state index < -0.39 is 0 Å². The Morgan fingerprint density at radius 2 is 1.88 bits per heavy atom. The Bertz CT molecular complexity index is 502. The molecule has 0 radical (unpaired) electrons. The summed E-state index contributed by atoms with van der Waals surface area (Å²) in [5.74, 6) is 0. The molecule has 4 heteroatoms. The van der Waals surface area contributed by atoms with Crippen molar-refractivity contribution in [2.45, 2.75) is 26.8 Å². The molecule has 2 aromatic rings. The predicted octanol–water partition coefficient (Wildman–Crippen LogP) is 2.61. The van der Waals surface area contributed by atoms with Crippen LogP contribution in [0.25, 0.3) is 0 Å². The van der Waals surface area contributed by atoms with Gasteiger partial charge in [-0.25, -0.2) is 0 Å². The summed E-state index contributed by atoms with van der Waals surface area (Å²) >= 11 is 0. The van der Waals surface area contributed by atoms with Gasteiger partial charge in [0.05, 0.1) is 17.1 Å². The number of pyridine rings is 1. The molecule has 0 bridgehead atoms. The van der Waals surface area contributed by atoms with Crippen LogP contribution in [0.15, 0.2) is 24.5 Å². The predicted molar refractivity (Wildman–Crippen MR) is 69.0 cm³/mol. The van der Waals surface area contributed by atoms with Crippen molar-refractivity contribution in [3.05, 3.63) is 41.5 Å². The third-order valence-electron chi connectivity index (χ3n) is 3.08. The number of rotatable bonds is 3. The fourth-order valence-electron chi connectivity index (χ4n) is 1.93. The van der Waals surface area contributed by atoms with E-state index in [9.17, 15) is 0 Å². The monoisotopic (exact) mass is 230 g/mol. The van der Waals surface area contributed by atoms with Gasteiger partial charge in [-0.2, -0.15) is 5.10 Å². The number of hydrogen-bond acceptors (Lipinski definition) is 3. The van der Waals surface area contributed by atoms with Gasteiger partial charge in [0.2, 0.25) is 0 Å². The fraction of sp³-hybridized carbons (Fsp3) is 0.385. The minimum absolute atomic E-state index is 0.250. The first-order chi connectivity index (χ1) is 8.09. The number of aromatic nitrogens is 3.